The van der Waals surface area contributed by atoms with Crippen molar-refractivity contribution < 1.29 is 10.2 Å². The van der Waals surface area contributed by atoms with Gasteiger partial charge in [-0.05, 0) is 34.1 Å². The zero-order valence-corrected chi connectivity index (χ0v) is 11.7. The van der Waals surface area contributed by atoms with Gasteiger partial charge in [0.05, 0.1) is 12.4 Å². The third-order valence-electron chi connectivity index (χ3n) is 3.11. The Labute approximate surface area is 104 Å². The first-order valence-electron chi connectivity index (χ1n) is 6.04. The van der Waals surface area contributed by atoms with Gasteiger partial charge in [0.25, 0.3) is 0 Å². The van der Waals surface area contributed by atoms with Crippen molar-refractivity contribution in [3.8, 4) is 0 Å². The third-order valence-corrected chi connectivity index (χ3v) is 3.11. The summed E-state index contributed by atoms with van der Waals surface area (Å²) in [6.07, 6.45) is 4.29. The molecular formula is C15H24O2. The van der Waals surface area contributed by atoms with E-state index in [4.69, 9.17) is 0 Å². The van der Waals surface area contributed by atoms with Gasteiger partial charge in [0.15, 0.2) is 0 Å². The quantitative estimate of drug-likeness (QED) is 0.629. The van der Waals surface area contributed by atoms with E-state index in [1.54, 1.807) is 0 Å². The van der Waals surface area contributed by atoms with Gasteiger partial charge in [0.2, 0.25) is 0 Å². The van der Waals surface area contributed by atoms with E-state index >= 15 is 0 Å². The third kappa shape index (κ3) is 3.01. The molecule has 0 unspecified atom stereocenters. The van der Waals surface area contributed by atoms with Gasteiger partial charge in [-0.25, -0.2) is 0 Å². The van der Waals surface area contributed by atoms with Crippen molar-refractivity contribution in [2.75, 3.05) is 0 Å². The van der Waals surface area contributed by atoms with Gasteiger partial charge in [0.1, 0.15) is 0 Å². The van der Waals surface area contributed by atoms with Crippen molar-refractivity contribution in [1.82, 2.24) is 0 Å². The Morgan fingerprint density at radius 1 is 0.941 bits per heavy atom. The maximum absolute atomic E-state index is 10.5. The zero-order valence-electron chi connectivity index (χ0n) is 11.7. The van der Waals surface area contributed by atoms with Crippen molar-refractivity contribution in [3.05, 3.63) is 35.1 Å². The number of allylic oxidation sites excluding steroid dienone is 3. The minimum Gasteiger partial charge on any atom is -0.515 e. The molecule has 1 rings (SSSR count). The van der Waals surface area contributed by atoms with Crippen LogP contribution in [0.1, 0.15) is 41.5 Å². The maximum Gasteiger partial charge on any atom is 0.0977 e. The molecule has 0 radical (unpaired) electrons. The highest BCUT2D eigenvalue weighted by Gasteiger charge is 2.34. The van der Waals surface area contributed by atoms with E-state index < -0.39 is 6.10 Å². The minimum absolute atomic E-state index is 0.113. The molecule has 96 valence electrons. The van der Waals surface area contributed by atoms with Gasteiger partial charge >= 0.3 is 0 Å². The SMILES string of the molecule is CC(C)(C)C1=CC(=CO)C=C(C(C)(C)C)C1O. The summed E-state index contributed by atoms with van der Waals surface area (Å²) in [7, 11) is 0. The molecule has 0 heterocycles. The lowest BCUT2D eigenvalue weighted by Gasteiger charge is -2.36. The van der Waals surface area contributed by atoms with Crippen molar-refractivity contribution in [2.45, 2.75) is 47.6 Å². The van der Waals surface area contributed by atoms with E-state index in [1.165, 1.54) is 0 Å². The first-order chi connectivity index (χ1) is 7.57. The van der Waals surface area contributed by atoms with Crippen LogP contribution < -0.4 is 0 Å². The van der Waals surface area contributed by atoms with Crippen LogP contribution in [-0.4, -0.2) is 16.3 Å². The summed E-state index contributed by atoms with van der Waals surface area (Å²) in [5.41, 5.74) is 2.43. The van der Waals surface area contributed by atoms with E-state index in [9.17, 15) is 10.2 Å². The van der Waals surface area contributed by atoms with Crippen molar-refractivity contribution in [2.24, 2.45) is 10.8 Å². The molecule has 1 aliphatic carbocycles. The molecule has 2 nitrogen and oxygen atoms in total. The van der Waals surface area contributed by atoms with Crippen LogP contribution in [0.3, 0.4) is 0 Å². The highest BCUT2D eigenvalue weighted by molar-refractivity contribution is 5.47. The molecule has 0 aromatic carbocycles. The standard InChI is InChI=1S/C15H24O2/c1-14(2,3)11-7-10(9-16)8-12(13(11)17)15(4,5)6/h7-9,13,16-17H,1-6H3. The number of rotatable bonds is 0. The summed E-state index contributed by atoms with van der Waals surface area (Å²) >= 11 is 0. The number of hydrogen-bond donors (Lipinski definition) is 2. The average Bonchev–Trinajstić information content (AvgIpc) is 2.14. The number of aliphatic hydroxyl groups excluding tert-OH is 2. The summed E-state index contributed by atoms with van der Waals surface area (Å²) in [4.78, 5) is 0. The van der Waals surface area contributed by atoms with E-state index in [1.807, 2.05) is 12.2 Å². The van der Waals surface area contributed by atoms with E-state index in [-0.39, 0.29) is 10.8 Å². The van der Waals surface area contributed by atoms with Crippen molar-refractivity contribution in [3.63, 3.8) is 0 Å². The second-order valence-electron chi connectivity index (χ2n) is 6.73. The topological polar surface area (TPSA) is 40.5 Å². The molecule has 0 aromatic heterocycles. The highest BCUT2D eigenvalue weighted by Crippen LogP contribution is 2.41. The molecule has 0 amide bonds. The predicted octanol–water partition coefficient (Wildman–Crippen LogP) is 3.75. The molecule has 0 aromatic rings. The summed E-state index contributed by atoms with van der Waals surface area (Å²) in [6.45, 7) is 12.4. The average molecular weight is 236 g/mol. The Hall–Kier alpha value is -1.02. The molecule has 0 spiro atoms. The smallest absolute Gasteiger partial charge is 0.0977 e. The van der Waals surface area contributed by atoms with Crippen molar-refractivity contribution in [1.29, 1.82) is 0 Å². The zero-order chi connectivity index (χ0) is 13.4. The Balaban J connectivity index is 3.28. The molecule has 1 aliphatic rings. The monoisotopic (exact) mass is 236 g/mol. The van der Waals surface area contributed by atoms with Gasteiger partial charge in [-0.2, -0.15) is 0 Å². The first-order valence-corrected chi connectivity index (χ1v) is 6.04. The van der Waals surface area contributed by atoms with Crippen LogP contribution in [0.15, 0.2) is 35.1 Å². The summed E-state index contributed by atoms with van der Waals surface area (Å²) < 4.78 is 0. The summed E-state index contributed by atoms with van der Waals surface area (Å²) in [5, 5.41) is 19.7. The Morgan fingerprint density at radius 2 is 1.29 bits per heavy atom. The van der Waals surface area contributed by atoms with Gasteiger partial charge < -0.3 is 10.2 Å². The maximum atomic E-state index is 10.5. The molecule has 0 bridgehead atoms. The minimum atomic E-state index is -0.557. The highest BCUT2D eigenvalue weighted by atomic mass is 16.3. The molecule has 2 heteroatoms. The molecule has 0 fully saturated rings. The van der Waals surface area contributed by atoms with Gasteiger partial charge in [0, 0.05) is 5.57 Å². The van der Waals surface area contributed by atoms with Crippen LogP contribution in [-0.2, 0) is 0 Å². The van der Waals surface area contributed by atoms with Crippen LogP contribution in [0, 0.1) is 10.8 Å². The fourth-order valence-electron chi connectivity index (χ4n) is 2.05. The summed E-state index contributed by atoms with van der Waals surface area (Å²) in [6, 6.07) is 0. The van der Waals surface area contributed by atoms with E-state index in [0.29, 0.717) is 0 Å². The number of aliphatic hydroxyl groups is 2. The van der Waals surface area contributed by atoms with Gasteiger partial charge in [-0.15, -0.1) is 0 Å². The Bertz CT molecular complexity index is 350. The predicted molar refractivity (Wildman–Crippen MR) is 71.8 cm³/mol. The van der Waals surface area contributed by atoms with Crippen LogP contribution in [0.25, 0.3) is 0 Å². The van der Waals surface area contributed by atoms with E-state index in [0.717, 1.165) is 23.0 Å². The van der Waals surface area contributed by atoms with Crippen LogP contribution in [0.4, 0.5) is 0 Å². The first kappa shape index (κ1) is 14.0. The number of hydrogen-bond acceptors (Lipinski definition) is 2. The molecule has 0 saturated carbocycles. The van der Waals surface area contributed by atoms with Crippen LogP contribution in [0.2, 0.25) is 0 Å². The Kier molecular flexibility index (Phi) is 3.58. The lowest BCUT2D eigenvalue weighted by atomic mass is 9.71. The van der Waals surface area contributed by atoms with Gasteiger partial charge in [-0.3, -0.25) is 0 Å². The summed E-state index contributed by atoms with van der Waals surface area (Å²) in [5.74, 6) is 0. The van der Waals surface area contributed by atoms with Crippen molar-refractivity contribution >= 4 is 0 Å². The van der Waals surface area contributed by atoms with Crippen LogP contribution >= 0.6 is 0 Å². The lowest BCUT2D eigenvalue weighted by molar-refractivity contribution is 0.191. The molecule has 0 atom stereocenters. The second kappa shape index (κ2) is 4.34. The fraction of sp³-hybridized carbons (Fsp3) is 0.600. The molecule has 17 heavy (non-hydrogen) atoms. The lowest BCUT2D eigenvalue weighted by Crippen LogP contribution is -2.31. The molecule has 0 saturated heterocycles. The van der Waals surface area contributed by atoms with E-state index in [2.05, 4.69) is 41.5 Å². The second-order valence-corrected chi connectivity index (χ2v) is 6.73. The van der Waals surface area contributed by atoms with Crippen LogP contribution in [0.5, 0.6) is 0 Å². The molecule has 0 aliphatic heterocycles. The molecule has 2 N–H and O–H groups in total. The molecular weight excluding hydrogens is 212 g/mol. The Morgan fingerprint density at radius 3 is 1.53 bits per heavy atom. The fourth-order valence-corrected chi connectivity index (χ4v) is 2.05. The largest absolute Gasteiger partial charge is 0.515 e. The van der Waals surface area contributed by atoms with Gasteiger partial charge in [-0.1, -0.05) is 41.5 Å². The normalized spacial score (nSPS) is 22.1.